The van der Waals surface area contributed by atoms with Crippen LogP contribution < -0.4 is 16.5 Å². The molecular weight excluding hydrogens is 384 g/mol. The van der Waals surface area contributed by atoms with E-state index < -0.39 is 5.91 Å². The third-order valence-electron chi connectivity index (χ3n) is 4.90. The second-order valence-corrected chi connectivity index (χ2v) is 7.10. The van der Waals surface area contributed by atoms with Crippen LogP contribution in [0.3, 0.4) is 0 Å². The Balaban J connectivity index is 2.11. The van der Waals surface area contributed by atoms with Crippen molar-refractivity contribution in [2.75, 3.05) is 12.4 Å². The summed E-state index contributed by atoms with van der Waals surface area (Å²) in [5.74, 6) is 0.331. The number of hydroxylamine groups is 1. The summed E-state index contributed by atoms with van der Waals surface area (Å²) in [5, 5.41) is 7.87. The first-order chi connectivity index (χ1) is 14.3. The molecule has 0 radical (unpaired) electrons. The number of amides is 2. The molecule has 2 heterocycles. The van der Waals surface area contributed by atoms with Crippen LogP contribution >= 0.6 is 0 Å². The van der Waals surface area contributed by atoms with E-state index in [9.17, 15) is 9.59 Å². The lowest BCUT2D eigenvalue weighted by Crippen LogP contribution is -2.21. The highest BCUT2D eigenvalue weighted by molar-refractivity contribution is 5.98. The van der Waals surface area contributed by atoms with E-state index in [1.807, 2.05) is 19.9 Å². The summed E-state index contributed by atoms with van der Waals surface area (Å²) in [6, 6.07) is 5.27. The fraction of sp³-hybridized carbons (Fsp3) is 0.333. The van der Waals surface area contributed by atoms with Gasteiger partial charge in [0.05, 0.1) is 12.7 Å². The van der Waals surface area contributed by atoms with Gasteiger partial charge in [0.1, 0.15) is 5.52 Å². The maximum Gasteiger partial charge on any atom is 0.274 e. The molecule has 0 aliphatic carbocycles. The van der Waals surface area contributed by atoms with Gasteiger partial charge in [-0.15, -0.1) is 0 Å². The zero-order chi connectivity index (χ0) is 21.8. The molecule has 0 aliphatic heterocycles. The number of anilines is 2. The van der Waals surface area contributed by atoms with Gasteiger partial charge in [0, 0.05) is 23.9 Å². The first-order valence-electron chi connectivity index (χ1n) is 9.75. The Hall–Kier alpha value is -3.46. The summed E-state index contributed by atoms with van der Waals surface area (Å²) in [5.41, 5.74) is 11.7. The van der Waals surface area contributed by atoms with Gasteiger partial charge in [-0.2, -0.15) is 5.10 Å². The molecule has 0 saturated heterocycles. The summed E-state index contributed by atoms with van der Waals surface area (Å²) < 4.78 is 1.65. The minimum Gasteiger partial charge on any atom is -0.366 e. The smallest absolute Gasteiger partial charge is 0.274 e. The number of carbonyl (C=O) groups is 2. The van der Waals surface area contributed by atoms with Gasteiger partial charge in [0.25, 0.3) is 11.8 Å². The first-order valence-corrected chi connectivity index (χ1v) is 9.75. The Morgan fingerprint density at radius 1 is 1.27 bits per heavy atom. The number of nitrogens with zero attached hydrogens (tertiary/aromatic N) is 3. The van der Waals surface area contributed by atoms with Crippen molar-refractivity contribution in [2.24, 2.45) is 5.73 Å². The highest BCUT2D eigenvalue weighted by Crippen LogP contribution is 2.28. The molecule has 2 amide bonds. The Morgan fingerprint density at radius 3 is 2.70 bits per heavy atom. The number of primary amides is 1. The van der Waals surface area contributed by atoms with Gasteiger partial charge in [0.15, 0.2) is 11.6 Å². The van der Waals surface area contributed by atoms with E-state index in [4.69, 9.17) is 15.6 Å². The van der Waals surface area contributed by atoms with Crippen LogP contribution in [-0.2, 0) is 11.3 Å². The summed E-state index contributed by atoms with van der Waals surface area (Å²) in [7, 11) is 1.38. The normalized spacial score (nSPS) is 10.9. The minimum atomic E-state index is -0.520. The lowest BCUT2D eigenvalue weighted by Gasteiger charge is -2.13. The second kappa shape index (κ2) is 8.91. The molecule has 1 aromatic carbocycles. The topological polar surface area (TPSA) is 124 Å². The first kappa shape index (κ1) is 21.3. The molecule has 4 N–H and O–H groups in total. The number of hydrogen-bond donors (Lipinski definition) is 3. The summed E-state index contributed by atoms with van der Waals surface area (Å²) in [4.78, 5) is 33.4. The van der Waals surface area contributed by atoms with Crippen LogP contribution in [-0.4, -0.2) is 33.5 Å². The molecule has 9 heteroatoms. The highest BCUT2D eigenvalue weighted by atomic mass is 16.6. The molecule has 2 aromatic heterocycles. The van der Waals surface area contributed by atoms with Crippen LogP contribution in [0, 0.1) is 13.8 Å². The van der Waals surface area contributed by atoms with Gasteiger partial charge in [-0.1, -0.05) is 19.4 Å². The molecule has 0 unspecified atom stereocenters. The number of nitrogens with two attached hydrogens (primary N) is 1. The van der Waals surface area contributed by atoms with Gasteiger partial charge in [0.2, 0.25) is 0 Å². The van der Waals surface area contributed by atoms with E-state index in [1.54, 1.807) is 22.8 Å². The number of aryl methyl sites for hydroxylation is 3. The fourth-order valence-electron chi connectivity index (χ4n) is 3.23. The maximum absolute atomic E-state index is 12.1. The van der Waals surface area contributed by atoms with E-state index >= 15 is 0 Å². The number of aromatic nitrogens is 3. The van der Waals surface area contributed by atoms with Crippen molar-refractivity contribution in [1.82, 2.24) is 20.1 Å². The van der Waals surface area contributed by atoms with E-state index in [-0.39, 0.29) is 5.91 Å². The molecule has 158 valence electrons. The molecule has 0 bridgehead atoms. The lowest BCUT2D eigenvalue weighted by atomic mass is 10.1. The molecule has 0 aliphatic rings. The van der Waals surface area contributed by atoms with Gasteiger partial charge in [-0.05, 0) is 43.5 Å². The summed E-state index contributed by atoms with van der Waals surface area (Å²) in [6.45, 7) is 5.84. The van der Waals surface area contributed by atoms with E-state index in [1.165, 1.54) is 7.11 Å². The number of rotatable bonds is 8. The van der Waals surface area contributed by atoms with Crippen molar-refractivity contribution >= 4 is 28.8 Å². The van der Waals surface area contributed by atoms with E-state index in [2.05, 4.69) is 22.8 Å². The number of fused-ring (bicyclic) bond motifs is 1. The van der Waals surface area contributed by atoms with Crippen molar-refractivity contribution in [2.45, 2.75) is 40.0 Å². The zero-order valence-corrected chi connectivity index (χ0v) is 17.6. The lowest BCUT2D eigenvalue weighted by molar-refractivity contribution is 0.0537. The van der Waals surface area contributed by atoms with Crippen molar-refractivity contribution < 1.29 is 14.4 Å². The number of carbonyl (C=O) groups excluding carboxylic acids is 2. The van der Waals surface area contributed by atoms with Crippen molar-refractivity contribution in [3.05, 3.63) is 52.5 Å². The minimum absolute atomic E-state index is 0.355. The highest BCUT2D eigenvalue weighted by Gasteiger charge is 2.18. The van der Waals surface area contributed by atoms with Crippen molar-refractivity contribution in [3.8, 4) is 0 Å². The predicted octanol–water partition coefficient (Wildman–Crippen LogP) is 2.82. The number of nitrogens with one attached hydrogen (secondary N) is 2. The Morgan fingerprint density at radius 2 is 2.03 bits per heavy atom. The average molecular weight is 410 g/mol. The third-order valence-corrected chi connectivity index (χ3v) is 4.90. The standard InChI is InChI=1S/C21H26N6O3/c1-5-6-7-17-24-20(18-13(3)15(19(22)28)11-27(18)25-17)23-16-10-14(9-8-12(16)2)21(29)26-30-4/h8-11H,5-7H2,1-4H3,(H2,22,28)(H,26,29)(H,23,24,25). The van der Waals surface area contributed by atoms with Crippen molar-refractivity contribution in [1.29, 1.82) is 0 Å². The molecule has 3 aromatic rings. The average Bonchev–Trinajstić information content (AvgIpc) is 3.05. The zero-order valence-electron chi connectivity index (χ0n) is 17.6. The van der Waals surface area contributed by atoms with Crippen LogP contribution in [0.25, 0.3) is 5.52 Å². The monoisotopic (exact) mass is 410 g/mol. The van der Waals surface area contributed by atoms with Gasteiger partial charge < -0.3 is 11.1 Å². The molecule has 9 nitrogen and oxygen atoms in total. The molecule has 0 spiro atoms. The third kappa shape index (κ3) is 4.25. The maximum atomic E-state index is 12.1. The molecular formula is C21H26N6O3. The molecule has 0 atom stereocenters. The fourth-order valence-corrected chi connectivity index (χ4v) is 3.23. The van der Waals surface area contributed by atoms with Crippen LogP contribution in [0.1, 0.15) is 57.4 Å². The SMILES string of the molecule is CCCCc1nc(Nc2cc(C(=O)NOC)ccc2C)c2c(C)c(C(N)=O)cn2n1. The predicted molar refractivity (Wildman–Crippen MR) is 114 cm³/mol. The quantitative estimate of drug-likeness (QED) is 0.491. The van der Waals surface area contributed by atoms with Crippen LogP contribution in [0.4, 0.5) is 11.5 Å². The summed E-state index contributed by atoms with van der Waals surface area (Å²) in [6.07, 6.45) is 4.29. The molecule has 3 rings (SSSR count). The van der Waals surface area contributed by atoms with E-state index in [0.29, 0.717) is 46.0 Å². The Kier molecular flexibility index (Phi) is 6.31. The van der Waals surface area contributed by atoms with Gasteiger partial charge >= 0.3 is 0 Å². The van der Waals surface area contributed by atoms with Crippen LogP contribution in [0.2, 0.25) is 0 Å². The number of hydrogen-bond acceptors (Lipinski definition) is 6. The number of benzene rings is 1. The Bertz CT molecular complexity index is 1110. The largest absolute Gasteiger partial charge is 0.366 e. The Labute approximate surface area is 174 Å². The number of unbranched alkanes of at least 4 members (excludes halogenated alkanes) is 1. The van der Waals surface area contributed by atoms with E-state index in [0.717, 1.165) is 18.4 Å². The van der Waals surface area contributed by atoms with Crippen LogP contribution in [0.15, 0.2) is 24.4 Å². The molecule has 0 saturated carbocycles. The van der Waals surface area contributed by atoms with Gasteiger partial charge in [-0.3, -0.25) is 14.4 Å². The molecule has 30 heavy (non-hydrogen) atoms. The second-order valence-electron chi connectivity index (χ2n) is 7.10. The summed E-state index contributed by atoms with van der Waals surface area (Å²) >= 11 is 0. The van der Waals surface area contributed by atoms with Gasteiger partial charge in [-0.25, -0.2) is 15.0 Å². The molecule has 0 fully saturated rings. The van der Waals surface area contributed by atoms with Crippen molar-refractivity contribution in [3.63, 3.8) is 0 Å². The van der Waals surface area contributed by atoms with Crippen LogP contribution in [0.5, 0.6) is 0 Å².